The summed E-state index contributed by atoms with van der Waals surface area (Å²) in [5, 5.41) is 10.4. The van der Waals surface area contributed by atoms with Crippen molar-refractivity contribution in [2.45, 2.75) is 71.3 Å². The first-order chi connectivity index (χ1) is 11.2. The number of rotatable bonds is 9. The van der Waals surface area contributed by atoms with Gasteiger partial charge in [-0.15, -0.1) is 0 Å². The quantitative estimate of drug-likeness (QED) is 0.650. The van der Waals surface area contributed by atoms with Crippen LogP contribution in [0.3, 0.4) is 0 Å². The van der Waals surface area contributed by atoms with Crippen LogP contribution in [-0.4, -0.2) is 29.6 Å². The van der Waals surface area contributed by atoms with Gasteiger partial charge in [0.1, 0.15) is 0 Å². The minimum absolute atomic E-state index is 0.318. The summed E-state index contributed by atoms with van der Waals surface area (Å²) in [6, 6.07) is 8.65. The molecule has 2 rings (SSSR count). The molecule has 1 aromatic carbocycles. The number of benzene rings is 1. The van der Waals surface area contributed by atoms with E-state index < -0.39 is 0 Å². The Balaban J connectivity index is 1.72. The minimum atomic E-state index is -0.318. The van der Waals surface area contributed by atoms with Crippen LogP contribution in [0, 0.1) is 5.92 Å². The van der Waals surface area contributed by atoms with E-state index in [0.717, 1.165) is 24.4 Å². The molecular formula is C21H35NO. The molecule has 2 nitrogen and oxygen atoms in total. The highest BCUT2D eigenvalue weighted by Gasteiger charge is 2.17. The number of likely N-dealkylation sites (tertiary alicyclic amines) is 1. The van der Waals surface area contributed by atoms with E-state index in [-0.39, 0.29) is 6.10 Å². The monoisotopic (exact) mass is 317 g/mol. The summed E-state index contributed by atoms with van der Waals surface area (Å²) < 4.78 is 0. The van der Waals surface area contributed by atoms with Crippen LogP contribution < -0.4 is 0 Å². The van der Waals surface area contributed by atoms with Crippen LogP contribution in [0.4, 0.5) is 0 Å². The normalized spacial score (nSPS) is 20.6. The van der Waals surface area contributed by atoms with Gasteiger partial charge in [-0.05, 0) is 55.7 Å². The highest BCUT2D eigenvalue weighted by molar-refractivity contribution is 5.24. The van der Waals surface area contributed by atoms with Gasteiger partial charge in [-0.25, -0.2) is 0 Å². The van der Waals surface area contributed by atoms with Crippen LogP contribution in [0.25, 0.3) is 0 Å². The molecule has 1 aliphatic rings. The topological polar surface area (TPSA) is 23.5 Å². The summed E-state index contributed by atoms with van der Waals surface area (Å²) >= 11 is 0. The van der Waals surface area contributed by atoms with Gasteiger partial charge >= 0.3 is 0 Å². The fraction of sp³-hybridized carbons (Fsp3) is 0.714. The van der Waals surface area contributed by atoms with Crippen LogP contribution in [0.1, 0.15) is 76.0 Å². The molecular weight excluding hydrogens is 282 g/mol. The lowest BCUT2D eigenvalue weighted by molar-refractivity contribution is 0.122. The van der Waals surface area contributed by atoms with Crippen molar-refractivity contribution in [1.29, 1.82) is 0 Å². The lowest BCUT2D eigenvalue weighted by atomic mass is 9.98. The summed E-state index contributed by atoms with van der Waals surface area (Å²) in [5.74, 6) is 0.813. The first-order valence-corrected chi connectivity index (χ1v) is 9.68. The summed E-state index contributed by atoms with van der Waals surface area (Å²) in [6.45, 7) is 8.00. The molecule has 0 amide bonds. The van der Waals surface area contributed by atoms with Gasteiger partial charge in [0.15, 0.2) is 0 Å². The number of hydrogen-bond acceptors (Lipinski definition) is 2. The minimum Gasteiger partial charge on any atom is -0.388 e. The number of piperidine rings is 1. The van der Waals surface area contributed by atoms with E-state index in [0.29, 0.717) is 0 Å². The first kappa shape index (κ1) is 18.5. The highest BCUT2D eigenvalue weighted by atomic mass is 16.3. The molecule has 23 heavy (non-hydrogen) atoms. The van der Waals surface area contributed by atoms with E-state index in [2.05, 4.69) is 43.0 Å². The smallest absolute Gasteiger partial charge is 0.0802 e. The van der Waals surface area contributed by atoms with Crippen molar-refractivity contribution < 1.29 is 5.11 Å². The molecule has 0 aliphatic carbocycles. The van der Waals surface area contributed by atoms with Crippen molar-refractivity contribution in [3.63, 3.8) is 0 Å². The molecule has 0 radical (unpaired) electrons. The van der Waals surface area contributed by atoms with Gasteiger partial charge < -0.3 is 10.0 Å². The maximum Gasteiger partial charge on any atom is 0.0802 e. The van der Waals surface area contributed by atoms with Gasteiger partial charge in [-0.2, -0.15) is 0 Å². The Morgan fingerprint density at radius 2 is 1.96 bits per heavy atom. The Morgan fingerprint density at radius 1 is 1.17 bits per heavy atom. The third-order valence-electron chi connectivity index (χ3n) is 5.14. The molecule has 2 unspecified atom stereocenters. The molecule has 1 N–H and O–H groups in total. The molecule has 2 atom stereocenters. The molecule has 0 spiro atoms. The fourth-order valence-corrected chi connectivity index (χ4v) is 3.62. The molecule has 1 saturated heterocycles. The number of nitrogens with zero attached hydrogens (tertiary/aromatic N) is 1. The molecule has 1 heterocycles. The van der Waals surface area contributed by atoms with Crippen molar-refractivity contribution in [2.24, 2.45) is 5.92 Å². The molecule has 1 fully saturated rings. The van der Waals surface area contributed by atoms with E-state index >= 15 is 0 Å². The molecule has 0 bridgehead atoms. The third-order valence-corrected chi connectivity index (χ3v) is 5.14. The Hall–Kier alpha value is -0.860. The Kier molecular flexibility index (Phi) is 8.11. The zero-order valence-corrected chi connectivity index (χ0v) is 15.1. The molecule has 0 aromatic heterocycles. The summed E-state index contributed by atoms with van der Waals surface area (Å²) in [7, 11) is 0. The van der Waals surface area contributed by atoms with E-state index in [9.17, 15) is 5.11 Å². The first-order valence-electron chi connectivity index (χ1n) is 9.68. The fourth-order valence-electron chi connectivity index (χ4n) is 3.62. The molecule has 1 aromatic rings. The Morgan fingerprint density at radius 3 is 2.65 bits per heavy atom. The second-order valence-electron chi connectivity index (χ2n) is 7.40. The van der Waals surface area contributed by atoms with Gasteiger partial charge in [-0.1, -0.05) is 57.4 Å². The van der Waals surface area contributed by atoms with Gasteiger partial charge in [0, 0.05) is 13.1 Å². The average Bonchev–Trinajstić information content (AvgIpc) is 2.57. The molecule has 2 heteroatoms. The van der Waals surface area contributed by atoms with E-state index in [1.165, 1.54) is 63.6 Å². The van der Waals surface area contributed by atoms with Crippen molar-refractivity contribution in [1.82, 2.24) is 4.90 Å². The van der Waals surface area contributed by atoms with Crippen LogP contribution in [0.15, 0.2) is 24.3 Å². The zero-order valence-electron chi connectivity index (χ0n) is 15.1. The van der Waals surface area contributed by atoms with Gasteiger partial charge in [0.2, 0.25) is 0 Å². The zero-order chi connectivity index (χ0) is 16.5. The summed E-state index contributed by atoms with van der Waals surface area (Å²) in [5.41, 5.74) is 2.48. The molecule has 0 saturated carbocycles. The number of hydrogen-bond donors (Lipinski definition) is 1. The van der Waals surface area contributed by atoms with Crippen molar-refractivity contribution >= 4 is 0 Å². The predicted molar refractivity (Wildman–Crippen MR) is 98.7 cm³/mol. The largest absolute Gasteiger partial charge is 0.388 e. The second kappa shape index (κ2) is 10.1. The van der Waals surface area contributed by atoms with Crippen LogP contribution in [0.2, 0.25) is 0 Å². The average molecular weight is 318 g/mol. The van der Waals surface area contributed by atoms with Gasteiger partial charge in [0.05, 0.1) is 6.10 Å². The maximum absolute atomic E-state index is 10.4. The van der Waals surface area contributed by atoms with Crippen molar-refractivity contribution in [2.75, 3.05) is 19.6 Å². The standard InChI is InChI=1S/C21H35NO/c1-3-4-5-6-9-19-10-12-20(13-11-19)21(23)14-16-22-15-7-8-18(2)17-22/h10-13,18,21,23H,3-9,14-17H2,1-2H3. The van der Waals surface area contributed by atoms with Crippen LogP contribution in [-0.2, 0) is 6.42 Å². The van der Waals surface area contributed by atoms with Gasteiger partial charge in [0.25, 0.3) is 0 Å². The van der Waals surface area contributed by atoms with Crippen LogP contribution in [0.5, 0.6) is 0 Å². The SMILES string of the molecule is CCCCCCc1ccc(C(O)CCN2CCCC(C)C2)cc1. The Bertz CT molecular complexity index is 428. The molecule has 130 valence electrons. The van der Waals surface area contributed by atoms with E-state index in [1.807, 2.05) is 0 Å². The number of aliphatic hydroxyl groups excluding tert-OH is 1. The highest BCUT2D eigenvalue weighted by Crippen LogP contribution is 2.21. The third kappa shape index (κ3) is 6.64. The predicted octanol–water partition coefficient (Wildman–Crippen LogP) is 4.96. The number of aliphatic hydroxyl groups is 1. The lowest BCUT2D eigenvalue weighted by Gasteiger charge is -2.31. The summed E-state index contributed by atoms with van der Waals surface area (Å²) in [6.07, 6.45) is 9.61. The van der Waals surface area contributed by atoms with Crippen molar-refractivity contribution in [3.05, 3.63) is 35.4 Å². The maximum atomic E-state index is 10.4. The summed E-state index contributed by atoms with van der Waals surface area (Å²) in [4.78, 5) is 2.51. The van der Waals surface area contributed by atoms with E-state index in [4.69, 9.17) is 0 Å². The van der Waals surface area contributed by atoms with E-state index in [1.54, 1.807) is 0 Å². The van der Waals surface area contributed by atoms with Crippen molar-refractivity contribution in [3.8, 4) is 0 Å². The number of unbranched alkanes of at least 4 members (excludes halogenated alkanes) is 3. The Labute approximate surface area is 142 Å². The molecule has 1 aliphatic heterocycles. The lowest BCUT2D eigenvalue weighted by Crippen LogP contribution is -2.35. The van der Waals surface area contributed by atoms with Gasteiger partial charge in [-0.3, -0.25) is 0 Å². The van der Waals surface area contributed by atoms with Crippen LogP contribution >= 0.6 is 0 Å². The number of aryl methyl sites for hydroxylation is 1. The second-order valence-corrected chi connectivity index (χ2v) is 7.40.